The number of carbonyl (C=O) groups is 1. The van der Waals surface area contributed by atoms with Gasteiger partial charge in [0.25, 0.3) is 0 Å². The highest BCUT2D eigenvalue weighted by Gasteiger charge is 2.20. The molecule has 4 atom stereocenters. The summed E-state index contributed by atoms with van der Waals surface area (Å²) in [5.41, 5.74) is 0. The summed E-state index contributed by atoms with van der Waals surface area (Å²) in [5, 5.41) is 44.8. The van der Waals surface area contributed by atoms with Crippen molar-refractivity contribution in [3.05, 3.63) is 72.9 Å². The van der Waals surface area contributed by atoms with Gasteiger partial charge < -0.3 is 25.2 Å². The number of ether oxygens (including phenoxy) is 1. The SMILES string of the molecule is CCCCC/C=C\C/C=C\CCCCCC[C@@H](O)CN(CCCCC(=O)OCCN1CCN(CCSSCCCN(C[C@@H](O)CCCCCC/C=C\CCCCCCCC)C[C@@H](O)CCCCCC/C=C\CCCCCCCC)CC1)C[C@H](O)CCCCCC/C=C\C/C=C\CCCCC. The first kappa shape index (κ1) is 96.3. The van der Waals surface area contributed by atoms with Crippen LogP contribution in [0.1, 0.15) is 362 Å². The molecule has 0 saturated carbocycles. The first-order valence-electron chi connectivity index (χ1n) is 43.1. The first-order valence-corrected chi connectivity index (χ1v) is 45.6. The summed E-state index contributed by atoms with van der Waals surface area (Å²) in [6.45, 7) is 19.6. The largest absolute Gasteiger partial charge is 0.464 e. The van der Waals surface area contributed by atoms with Gasteiger partial charge in [0.05, 0.1) is 24.4 Å². The van der Waals surface area contributed by atoms with Crippen LogP contribution in [0.2, 0.25) is 0 Å². The van der Waals surface area contributed by atoms with Crippen LogP contribution in [0, 0.1) is 0 Å². The first-order chi connectivity index (χ1) is 49.2. The zero-order valence-corrected chi connectivity index (χ0v) is 68.0. The number of carbonyl (C=O) groups excluding carboxylic acids is 1. The van der Waals surface area contributed by atoms with E-state index in [0.717, 1.165) is 173 Å². The molecular weight excluding hydrogens is 1270 g/mol. The van der Waals surface area contributed by atoms with E-state index in [1.54, 1.807) is 0 Å². The molecule has 0 unspecified atom stereocenters. The third-order valence-corrected chi connectivity index (χ3v) is 22.4. The Balaban J connectivity index is 2.46. The molecule has 0 spiro atoms. The molecule has 0 amide bonds. The van der Waals surface area contributed by atoms with E-state index in [-0.39, 0.29) is 18.2 Å². The molecule has 1 rings (SSSR count). The van der Waals surface area contributed by atoms with E-state index in [1.807, 2.05) is 21.6 Å². The molecule has 10 nitrogen and oxygen atoms in total. The van der Waals surface area contributed by atoms with Gasteiger partial charge in [-0.15, -0.1) is 0 Å². The Morgan fingerprint density at radius 2 is 0.620 bits per heavy atom. The molecule has 1 saturated heterocycles. The summed E-state index contributed by atoms with van der Waals surface area (Å²) in [6, 6.07) is 0. The second kappa shape index (κ2) is 78.4. The molecule has 0 radical (unpaired) electrons. The van der Waals surface area contributed by atoms with Crippen LogP contribution < -0.4 is 0 Å². The number of esters is 1. The van der Waals surface area contributed by atoms with Crippen molar-refractivity contribution in [3.63, 3.8) is 0 Å². The summed E-state index contributed by atoms with van der Waals surface area (Å²) >= 11 is 0. The Kier molecular flexibility index (Phi) is 75.5. The zero-order chi connectivity index (χ0) is 72.2. The lowest BCUT2D eigenvalue weighted by Gasteiger charge is -2.34. The monoisotopic (exact) mass is 1440 g/mol. The van der Waals surface area contributed by atoms with Gasteiger partial charge in [-0.05, 0) is 174 Å². The summed E-state index contributed by atoms with van der Waals surface area (Å²) in [6.07, 6.45) is 87.0. The van der Waals surface area contributed by atoms with Crippen molar-refractivity contribution in [1.29, 1.82) is 0 Å². The minimum absolute atomic E-state index is 0.125. The predicted octanol–water partition coefficient (Wildman–Crippen LogP) is 23.3. The second-order valence-electron chi connectivity index (χ2n) is 29.9. The number of unbranched alkanes of at least 4 members (excludes halogenated alkanes) is 35. The molecule has 100 heavy (non-hydrogen) atoms. The molecule has 1 fully saturated rings. The Bertz CT molecular complexity index is 1760. The minimum Gasteiger partial charge on any atom is -0.464 e. The molecule has 0 bridgehead atoms. The van der Waals surface area contributed by atoms with Crippen LogP contribution in [0.4, 0.5) is 0 Å². The van der Waals surface area contributed by atoms with E-state index in [0.29, 0.717) is 39.2 Å². The number of allylic oxidation sites excluding steroid dienone is 12. The fourth-order valence-electron chi connectivity index (χ4n) is 13.5. The van der Waals surface area contributed by atoms with Crippen molar-refractivity contribution < 1.29 is 30.0 Å². The Labute approximate surface area is 628 Å². The third-order valence-electron chi connectivity index (χ3n) is 20.0. The molecule has 1 aliphatic rings. The van der Waals surface area contributed by atoms with Gasteiger partial charge in [0.2, 0.25) is 0 Å². The minimum atomic E-state index is -0.414. The average molecular weight is 1440 g/mol. The lowest BCUT2D eigenvalue weighted by molar-refractivity contribution is -0.144. The molecule has 1 aliphatic heterocycles. The molecule has 586 valence electrons. The van der Waals surface area contributed by atoms with Gasteiger partial charge >= 0.3 is 5.97 Å². The number of rotatable bonds is 78. The van der Waals surface area contributed by atoms with Gasteiger partial charge in [-0.3, -0.25) is 24.4 Å². The highest BCUT2D eigenvalue weighted by Crippen LogP contribution is 2.23. The second-order valence-corrected chi connectivity index (χ2v) is 32.6. The van der Waals surface area contributed by atoms with Crippen LogP contribution in [0.5, 0.6) is 0 Å². The van der Waals surface area contributed by atoms with Gasteiger partial charge in [-0.1, -0.05) is 289 Å². The van der Waals surface area contributed by atoms with Gasteiger partial charge in [0.1, 0.15) is 6.61 Å². The van der Waals surface area contributed by atoms with Gasteiger partial charge in [0.15, 0.2) is 0 Å². The van der Waals surface area contributed by atoms with E-state index >= 15 is 0 Å². The van der Waals surface area contributed by atoms with Crippen molar-refractivity contribution in [1.82, 2.24) is 19.6 Å². The highest BCUT2D eigenvalue weighted by atomic mass is 33.1. The smallest absolute Gasteiger partial charge is 0.305 e. The number of aliphatic hydroxyl groups excluding tert-OH is 4. The normalized spacial score (nSPS) is 15.0. The van der Waals surface area contributed by atoms with Crippen LogP contribution in [0.3, 0.4) is 0 Å². The average Bonchev–Trinajstić information content (AvgIpc) is 1.19. The number of hydrogen-bond donors (Lipinski definition) is 4. The topological polar surface area (TPSA) is 120 Å². The van der Waals surface area contributed by atoms with Crippen LogP contribution >= 0.6 is 21.6 Å². The molecule has 0 aliphatic carbocycles. The Hall–Kier alpha value is -1.71. The third kappa shape index (κ3) is 70.6. The van der Waals surface area contributed by atoms with E-state index < -0.39 is 12.2 Å². The van der Waals surface area contributed by atoms with Crippen molar-refractivity contribution >= 4 is 27.6 Å². The lowest BCUT2D eigenvalue weighted by Crippen LogP contribution is -2.47. The summed E-state index contributed by atoms with van der Waals surface area (Å²) in [5.74, 6) is 2.04. The van der Waals surface area contributed by atoms with Crippen molar-refractivity contribution in [2.24, 2.45) is 0 Å². The van der Waals surface area contributed by atoms with E-state index in [1.165, 1.54) is 218 Å². The zero-order valence-electron chi connectivity index (χ0n) is 66.3. The van der Waals surface area contributed by atoms with Crippen LogP contribution in [-0.4, -0.2) is 167 Å². The fourth-order valence-corrected chi connectivity index (χ4v) is 15.6. The maximum atomic E-state index is 12.9. The van der Waals surface area contributed by atoms with Gasteiger partial charge in [-0.25, -0.2) is 0 Å². The van der Waals surface area contributed by atoms with Crippen molar-refractivity contribution in [2.75, 3.05) is 96.6 Å². The maximum Gasteiger partial charge on any atom is 0.305 e. The van der Waals surface area contributed by atoms with Gasteiger partial charge in [0, 0.05) is 83.4 Å². The van der Waals surface area contributed by atoms with E-state index in [4.69, 9.17) is 4.74 Å². The van der Waals surface area contributed by atoms with Gasteiger partial charge in [-0.2, -0.15) is 0 Å². The highest BCUT2D eigenvalue weighted by molar-refractivity contribution is 8.76. The van der Waals surface area contributed by atoms with E-state index in [2.05, 4.69) is 120 Å². The molecule has 1 heterocycles. The molecule has 12 heteroatoms. The molecule has 0 aromatic heterocycles. The predicted molar refractivity (Wildman–Crippen MR) is 443 cm³/mol. The van der Waals surface area contributed by atoms with Crippen LogP contribution in [0.15, 0.2) is 72.9 Å². The summed E-state index contributed by atoms with van der Waals surface area (Å²) < 4.78 is 5.77. The maximum absolute atomic E-state index is 12.9. The molecule has 4 N–H and O–H groups in total. The van der Waals surface area contributed by atoms with Crippen molar-refractivity contribution in [2.45, 2.75) is 386 Å². The number of hydrogen-bond acceptors (Lipinski definition) is 12. The molecule has 0 aromatic carbocycles. The Morgan fingerprint density at radius 1 is 0.340 bits per heavy atom. The molecular formula is C88H166N4O6S2. The summed E-state index contributed by atoms with van der Waals surface area (Å²) in [7, 11) is 3.95. The lowest BCUT2D eigenvalue weighted by atomic mass is 10.1. The molecule has 0 aromatic rings. The summed E-state index contributed by atoms with van der Waals surface area (Å²) in [4.78, 5) is 22.5. The van der Waals surface area contributed by atoms with Crippen LogP contribution in [0.25, 0.3) is 0 Å². The number of aliphatic hydroxyl groups is 4. The van der Waals surface area contributed by atoms with E-state index in [9.17, 15) is 25.2 Å². The quantitative estimate of drug-likeness (QED) is 0.0201. The standard InChI is InChI=1S/C88H166N4O6S2/c1-5-9-13-17-21-25-29-33-37-41-45-49-53-57-64-84(93)80-91(81-85(94)65-58-54-50-46-42-38-34-30-26-22-18-14-10-6-2)69-62-61-68-88(97)98-77-75-89-71-73-90(74-72-89)76-79-100-99-78-63-70-92(82-86(95)66-59-55-51-47-43-39-35-31-27-23-19-15-11-7-3)83-87(96)67-60-56-52-48-44-40-36-32-28-24-20-16-12-8-4/h21-22,25-26,33-40,84-87,93-96H,5-20,23-24,27-32,41-83H2,1-4H3/b25-21-,26-22-,37-33-,38-34-,39-35-,40-36-/t84-,85-,86+,87+/m1/s1. The van der Waals surface area contributed by atoms with Crippen molar-refractivity contribution in [3.8, 4) is 0 Å². The fraction of sp³-hybridized carbons (Fsp3) is 0.852. The number of nitrogens with zero attached hydrogens (tertiary/aromatic N) is 4. The van der Waals surface area contributed by atoms with Crippen LogP contribution in [-0.2, 0) is 9.53 Å². The number of piperazine rings is 1. The Morgan fingerprint density at radius 3 is 0.980 bits per heavy atom.